The minimum atomic E-state index is -1.45. The summed E-state index contributed by atoms with van der Waals surface area (Å²) in [4.78, 5) is 47.7. The first-order chi connectivity index (χ1) is 10.9. The van der Waals surface area contributed by atoms with E-state index in [1.165, 1.54) is 12.1 Å². The van der Waals surface area contributed by atoms with Gasteiger partial charge in [0.25, 0.3) is 5.91 Å². The van der Waals surface area contributed by atoms with Gasteiger partial charge in [0, 0.05) is 11.3 Å². The fraction of sp³-hybridized carbons (Fsp3) is 0.286. The molecule has 0 unspecified atom stereocenters. The summed E-state index contributed by atoms with van der Waals surface area (Å²) in [7, 11) is 0. The molecule has 0 saturated heterocycles. The zero-order valence-electron chi connectivity index (χ0n) is 12.1. The number of nitrogens with one attached hydrogen (secondary N) is 1. The van der Waals surface area contributed by atoms with Gasteiger partial charge in [-0.25, -0.2) is 4.79 Å². The van der Waals surface area contributed by atoms with Gasteiger partial charge in [-0.3, -0.25) is 19.3 Å². The Kier molecular flexibility index (Phi) is 7.23. The maximum absolute atomic E-state index is 12.5. The Morgan fingerprint density at radius 3 is 2.30 bits per heavy atom. The van der Waals surface area contributed by atoms with Crippen LogP contribution < -0.4 is 11.1 Å². The Labute approximate surface area is 138 Å². The normalized spacial score (nSPS) is 11.4. The molecule has 0 radical (unpaired) electrons. The first-order valence-corrected chi connectivity index (χ1v) is 7.27. The van der Waals surface area contributed by atoms with Crippen LogP contribution in [0.4, 0.5) is 0 Å². The number of benzene rings is 1. The lowest BCUT2D eigenvalue weighted by Crippen LogP contribution is -2.53. The maximum atomic E-state index is 12.5. The zero-order chi connectivity index (χ0) is 17.4. The van der Waals surface area contributed by atoms with Crippen molar-refractivity contribution in [3.8, 4) is 0 Å². The average molecular weight is 339 g/mol. The van der Waals surface area contributed by atoms with Crippen molar-refractivity contribution >= 4 is 36.3 Å². The summed E-state index contributed by atoms with van der Waals surface area (Å²) in [5, 5.41) is 11.4. The highest BCUT2D eigenvalue weighted by Gasteiger charge is 2.34. The Bertz CT molecular complexity index is 593. The van der Waals surface area contributed by atoms with E-state index in [1.807, 2.05) is 0 Å². The number of carboxylic acid groups (broad SMARTS) is 1. The van der Waals surface area contributed by atoms with E-state index in [0.29, 0.717) is 4.90 Å². The molecule has 1 rings (SSSR count). The van der Waals surface area contributed by atoms with Crippen LogP contribution in [0.2, 0.25) is 0 Å². The van der Waals surface area contributed by atoms with Crippen molar-refractivity contribution in [2.75, 3.05) is 18.8 Å². The SMILES string of the molecule is NCC(=O)NCC(=O)N(C(=O)c1ccccc1)[C@@H](CS)C(=O)O. The number of thiol groups is 1. The molecule has 1 aromatic carbocycles. The zero-order valence-corrected chi connectivity index (χ0v) is 13.0. The molecule has 3 amide bonds. The molecule has 0 aromatic heterocycles. The van der Waals surface area contributed by atoms with Crippen LogP contribution in [0, 0.1) is 0 Å². The highest BCUT2D eigenvalue weighted by Crippen LogP contribution is 2.11. The van der Waals surface area contributed by atoms with Crippen molar-refractivity contribution in [3.63, 3.8) is 0 Å². The molecule has 23 heavy (non-hydrogen) atoms. The number of carbonyl (C=O) groups is 4. The number of amides is 3. The molecule has 1 aromatic rings. The molecule has 1 atom stereocenters. The molecule has 0 aliphatic heterocycles. The summed E-state index contributed by atoms with van der Waals surface area (Å²) >= 11 is 3.89. The van der Waals surface area contributed by atoms with Gasteiger partial charge in [-0.15, -0.1) is 0 Å². The van der Waals surface area contributed by atoms with E-state index >= 15 is 0 Å². The van der Waals surface area contributed by atoms with Gasteiger partial charge in [-0.05, 0) is 12.1 Å². The van der Waals surface area contributed by atoms with Crippen molar-refractivity contribution < 1.29 is 24.3 Å². The van der Waals surface area contributed by atoms with Crippen LogP contribution >= 0.6 is 12.6 Å². The number of nitrogens with zero attached hydrogens (tertiary/aromatic N) is 1. The fourth-order valence-electron chi connectivity index (χ4n) is 1.75. The standard InChI is InChI=1S/C14H17N3O5S/c15-6-11(18)16-7-12(19)17(10(8-23)14(21)22)13(20)9-4-2-1-3-5-9/h1-5,10,23H,6-8,15H2,(H,16,18)(H,21,22)/t10-/m0/s1. The van der Waals surface area contributed by atoms with Crippen LogP contribution in [0.1, 0.15) is 10.4 Å². The molecule has 0 heterocycles. The highest BCUT2D eigenvalue weighted by atomic mass is 32.1. The van der Waals surface area contributed by atoms with Crippen molar-refractivity contribution in [1.29, 1.82) is 0 Å². The molecule has 124 valence electrons. The fourth-order valence-corrected chi connectivity index (χ4v) is 2.07. The van der Waals surface area contributed by atoms with E-state index in [1.54, 1.807) is 18.2 Å². The molecule has 0 bridgehead atoms. The predicted molar refractivity (Wildman–Crippen MR) is 85.0 cm³/mol. The largest absolute Gasteiger partial charge is 0.480 e. The number of carbonyl (C=O) groups excluding carboxylic acids is 3. The maximum Gasteiger partial charge on any atom is 0.327 e. The Morgan fingerprint density at radius 1 is 1.22 bits per heavy atom. The Balaban J connectivity index is 3.06. The van der Waals surface area contributed by atoms with E-state index in [2.05, 4.69) is 17.9 Å². The molecule has 9 heteroatoms. The molecular formula is C14H17N3O5S. The lowest BCUT2D eigenvalue weighted by atomic mass is 10.1. The summed E-state index contributed by atoms with van der Waals surface area (Å²) in [5.41, 5.74) is 5.26. The lowest BCUT2D eigenvalue weighted by molar-refractivity contribution is -0.146. The predicted octanol–water partition coefficient (Wildman–Crippen LogP) is -0.887. The Hall–Kier alpha value is -2.39. The lowest BCUT2D eigenvalue weighted by Gasteiger charge is -2.26. The molecular weight excluding hydrogens is 322 g/mol. The molecule has 4 N–H and O–H groups in total. The third kappa shape index (κ3) is 5.08. The molecule has 0 aliphatic carbocycles. The van der Waals surface area contributed by atoms with E-state index in [0.717, 1.165) is 0 Å². The van der Waals surface area contributed by atoms with Gasteiger partial charge in [-0.2, -0.15) is 12.6 Å². The van der Waals surface area contributed by atoms with Crippen LogP contribution in [0.3, 0.4) is 0 Å². The number of hydrogen-bond acceptors (Lipinski definition) is 6. The monoisotopic (exact) mass is 339 g/mol. The van der Waals surface area contributed by atoms with Gasteiger partial charge in [-0.1, -0.05) is 18.2 Å². The molecule has 0 saturated carbocycles. The second-order valence-corrected chi connectivity index (χ2v) is 4.82. The second kappa shape index (κ2) is 8.91. The van der Waals surface area contributed by atoms with Crippen LogP contribution in [0.25, 0.3) is 0 Å². The first kappa shape index (κ1) is 18.7. The van der Waals surface area contributed by atoms with E-state index in [-0.39, 0.29) is 17.9 Å². The quantitative estimate of drug-likeness (QED) is 0.477. The molecule has 0 aliphatic rings. The third-order valence-corrected chi connectivity index (χ3v) is 3.25. The summed E-state index contributed by atoms with van der Waals surface area (Å²) in [6.45, 7) is -0.860. The van der Waals surface area contributed by atoms with E-state index in [9.17, 15) is 24.3 Å². The second-order valence-electron chi connectivity index (χ2n) is 4.45. The van der Waals surface area contributed by atoms with Crippen molar-refractivity contribution in [2.45, 2.75) is 6.04 Å². The smallest absolute Gasteiger partial charge is 0.327 e. The number of rotatable bonds is 7. The minimum Gasteiger partial charge on any atom is -0.480 e. The van der Waals surface area contributed by atoms with E-state index in [4.69, 9.17) is 5.73 Å². The third-order valence-electron chi connectivity index (χ3n) is 2.90. The van der Waals surface area contributed by atoms with Gasteiger partial charge >= 0.3 is 5.97 Å². The number of aliphatic carboxylic acids is 1. The minimum absolute atomic E-state index is 0.152. The highest BCUT2D eigenvalue weighted by molar-refractivity contribution is 7.80. The molecule has 0 fully saturated rings. The van der Waals surface area contributed by atoms with Gasteiger partial charge in [0.1, 0.15) is 6.04 Å². The van der Waals surface area contributed by atoms with Crippen molar-refractivity contribution in [3.05, 3.63) is 35.9 Å². The summed E-state index contributed by atoms with van der Waals surface area (Å²) < 4.78 is 0. The van der Waals surface area contributed by atoms with Gasteiger partial charge in [0.15, 0.2) is 0 Å². The first-order valence-electron chi connectivity index (χ1n) is 6.64. The number of carboxylic acids is 1. The number of nitrogens with two attached hydrogens (primary N) is 1. The topological polar surface area (TPSA) is 130 Å². The summed E-state index contributed by atoms with van der Waals surface area (Å²) in [5.74, 6) is -3.86. The molecule has 0 spiro atoms. The van der Waals surface area contributed by atoms with Crippen molar-refractivity contribution in [2.24, 2.45) is 5.73 Å². The van der Waals surface area contributed by atoms with E-state index < -0.39 is 36.3 Å². The van der Waals surface area contributed by atoms with Crippen LogP contribution in [-0.4, -0.2) is 58.6 Å². The molecule has 8 nitrogen and oxygen atoms in total. The van der Waals surface area contributed by atoms with Gasteiger partial charge in [0.05, 0.1) is 13.1 Å². The number of hydrogen-bond donors (Lipinski definition) is 4. The average Bonchev–Trinajstić information content (AvgIpc) is 2.56. The van der Waals surface area contributed by atoms with Gasteiger partial charge in [0.2, 0.25) is 11.8 Å². The summed E-state index contributed by atoms with van der Waals surface area (Å²) in [6, 6.07) is 6.31. The van der Waals surface area contributed by atoms with Crippen LogP contribution in [0.15, 0.2) is 30.3 Å². The Morgan fingerprint density at radius 2 is 1.83 bits per heavy atom. The number of imide groups is 1. The van der Waals surface area contributed by atoms with Gasteiger partial charge < -0.3 is 16.2 Å². The van der Waals surface area contributed by atoms with Crippen molar-refractivity contribution in [1.82, 2.24) is 10.2 Å². The summed E-state index contributed by atoms with van der Waals surface area (Å²) in [6.07, 6.45) is 0. The van der Waals surface area contributed by atoms with Crippen LogP contribution in [0.5, 0.6) is 0 Å². The van der Waals surface area contributed by atoms with Crippen LogP contribution in [-0.2, 0) is 14.4 Å².